The summed E-state index contributed by atoms with van der Waals surface area (Å²) in [5.74, 6) is -2.63. The van der Waals surface area contributed by atoms with Crippen LogP contribution in [0.4, 0.5) is 31.1 Å². The average molecular weight is 443 g/mol. The number of aryl methyl sites for hydroxylation is 2. The van der Waals surface area contributed by atoms with E-state index in [1.165, 1.54) is 41.7 Å². The molecular weight excluding hydrogens is 428 g/mol. The molecule has 1 aliphatic rings. The number of amides is 1. The van der Waals surface area contributed by atoms with Crippen molar-refractivity contribution >= 4 is 17.8 Å². The molecule has 11 heteroatoms. The number of alkyl halides is 6. The van der Waals surface area contributed by atoms with Gasteiger partial charge in [0, 0.05) is 5.56 Å². The lowest BCUT2D eigenvalue weighted by Gasteiger charge is -2.31. The molecule has 0 saturated heterocycles. The molecule has 1 heterocycles. The summed E-state index contributed by atoms with van der Waals surface area (Å²) in [5, 5.41) is 1.49. The number of amidine groups is 2. The Morgan fingerprint density at radius 3 is 1.84 bits per heavy atom. The van der Waals surface area contributed by atoms with Gasteiger partial charge < -0.3 is 4.74 Å². The zero-order valence-electron chi connectivity index (χ0n) is 16.1. The van der Waals surface area contributed by atoms with E-state index >= 15 is 0 Å². The molecule has 0 aliphatic carbocycles. The molecule has 2 aromatic carbocycles. The highest BCUT2D eigenvalue weighted by molar-refractivity contribution is 6.17. The van der Waals surface area contributed by atoms with Gasteiger partial charge in [0.15, 0.2) is 11.7 Å². The predicted octanol–water partition coefficient (Wildman–Crippen LogP) is 5.11. The van der Waals surface area contributed by atoms with Crippen molar-refractivity contribution in [1.29, 1.82) is 0 Å². The van der Waals surface area contributed by atoms with Gasteiger partial charge in [-0.25, -0.2) is 14.8 Å². The van der Waals surface area contributed by atoms with Gasteiger partial charge in [0.25, 0.3) is 0 Å². The highest BCUT2D eigenvalue weighted by Gasteiger charge is 2.76. The molecule has 0 bridgehead atoms. The third-order valence-corrected chi connectivity index (χ3v) is 4.42. The molecule has 3 rings (SSSR count). The lowest BCUT2D eigenvalue weighted by atomic mass is 9.97. The van der Waals surface area contributed by atoms with E-state index in [0.717, 1.165) is 11.1 Å². The Morgan fingerprint density at radius 1 is 0.871 bits per heavy atom. The SMILES string of the molecule is Cc1ccc(OC(=O)NC2=NC(c3ccc(C)cc3)=NC2(C(F)(F)F)C(F)(F)F)cc1. The molecule has 0 spiro atoms. The van der Waals surface area contributed by atoms with Gasteiger partial charge in [0.05, 0.1) is 0 Å². The average Bonchev–Trinajstić information content (AvgIpc) is 3.04. The van der Waals surface area contributed by atoms with Crippen molar-refractivity contribution in [3.05, 3.63) is 65.2 Å². The smallest absolute Gasteiger partial charge is 0.410 e. The van der Waals surface area contributed by atoms with Crippen molar-refractivity contribution in [2.24, 2.45) is 9.98 Å². The highest BCUT2D eigenvalue weighted by atomic mass is 19.4. The highest BCUT2D eigenvalue weighted by Crippen LogP contribution is 2.49. The van der Waals surface area contributed by atoms with Crippen LogP contribution in [0.15, 0.2) is 58.5 Å². The molecule has 2 aromatic rings. The number of nitrogens with one attached hydrogen (secondary N) is 1. The number of rotatable bonds is 2. The van der Waals surface area contributed by atoms with Gasteiger partial charge in [0.2, 0.25) is 0 Å². The number of benzene rings is 2. The fourth-order valence-corrected chi connectivity index (χ4v) is 2.77. The topological polar surface area (TPSA) is 63.0 Å². The number of aliphatic imine (C=N–C) groups is 2. The van der Waals surface area contributed by atoms with E-state index in [1.807, 2.05) is 0 Å². The largest absolute Gasteiger partial charge is 0.430 e. The van der Waals surface area contributed by atoms with Crippen LogP contribution in [-0.2, 0) is 0 Å². The van der Waals surface area contributed by atoms with E-state index in [9.17, 15) is 31.1 Å². The first-order chi connectivity index (χ1) is 14.3. The molecule has 0 unspecified atom stereocenters. The Bertz CT molecular complexity index is 1020. The molecule has 5 nitrogen and oxygen atoms in total. The Morgan fingerprint density at radius 2 is 1.35 bits per heavy atom. The summed E-state index contributed by atoms with van der Waals surface area (Å²) in [7, 11) is 0. The predicted molar refractivity (Wildman–Crippen MR) is 100 cm³/mol. The Balaban J connectivity index is 2.01. The van der Waals surface area contributed by atoms with E-state index in [-0.39, 0.29) is 11.3 Å². The fourth-order valence-electron chi connectivity index (χ4n) is 2.77. The first-order valence-corrected chi connectivity index (χ1v) is 8.78. The Kier molecular flexibility index (Phi) is 5.55. The molecule has 164 valence electrons. The molecule has 0 aromatic heterocycles. The number of halogens is 6. The maximum absolute atomic E-state index is 13.7. The van der Waals surface area contributed by atoms with Crippen molar-refractivity contribution in [3.8, 4) is 5.75 Å². The number of carbonyl (C=O) groups is 1. The van der Waals surface area contributed by atoms with Crippen LogP contribution in [0.3, 0.4) is 0 Å². The number of hydrogen-bond donors (Lipinski definition) is 1. The number of ether oxygens (including phenoxy) is 1. The number of carbonyl (C=O) groups excluding carboxylic acids is 1. The Hall–Kier alpha value is -3.37. The van der Waals surface area contributed by atoms with Crippen LogP contribution < -0.4 is 10.1 Å². The summed E-state index contributed by atoms with van der Waals surface area (Å²) in [6.07, 6.45) is -13.4. The summed E-state index contributed by atoms with van der Waals surface area (Å²) in [5.41, 5.74) is -3.29. The van der Waals surface area contributed by atoms with Crippen LogP contribution in [-0.4, -0.2) is 35.7 Å². The fraction of sp³-hybridized carbons (Fsp3) is 0.250. The Labute approximate surface area is 172 Å². The number of hydrogen-bond acceptors (Lipinski definition) is 4. The van der Waals surface area contributed by atoms with Crippen LogP contribution in [0.1, 0.15) is 16.7 Å². The minimum Gasteiger partial charge on any atom is -0.410 e. The third kappa shape index (κ3) is 4.25. The van der Waals surface area contributed by atoms with Crippen molar-refractivity contribution in [2.45, 2.75) is 31.7 Å². The van der Waals surface area contributed by atoms with E-state index < -0.39 is 35.7 Å². The standard InChI is InChI=1S/C20H15F6N3O2/c1-11-3-7-13(8-4-11)15-27-16(18(29-15,19(21,22)23)20(24,25)26)28-17(30)31-14-9-5-12(2)6-10-14/h3-10H,1-2H3,(H,27,28,29,30). The second-order valence-electron chi connectivity index (χ2n) is 6.80. The molecule has 0 saturated carbocycles. The lowest BCUT2D eigenvalue weighted by molar-refractivity contribution is -0.270. The van der Waals surface area contributed by atoms with Crippen molar-refractivity contribution in [1.82, 2.24) is 5.32 Å². The monoisotopic (exact) mass is 443 g/mol. The van der Waals surface area contributed by atoms with Crippen LogP contribution in [0.25, 0.3) is 0 Å². The van der Waals surface area contributed by atoms with E-state index in [2.05, 4.69) is 9.98 Å². The molecule has 1 aliphatic heterocycles. The van der Waals surface area contributed by atoms with Gasteiger partial charge in [-0.3, -0.25) is 5.32 Å². The van der Waals surface area contributed by atoms with Gasteiger partial charge >= 0.3 is 24.0 Å². The maximum Gasteiger partial charge on any atom is 0.430 e. The van der Waals surface area contributed by atoms with Gasteiger partial charge in [-0.1, -0.05) is 47.5 Å². The third-order valence-electron chi connectivity index (χ3n) is 4.42. The molecule has 0 atom stereocenters. The zero-order valence-corrected chi connectivity index (χ0v) is 16.1. The first-order valence-electron chi connectivity index (χ1n) is 8.78. The molecule has 31 heavy (non-hydrogen) atoms. The van der Waals surface area contributed by atoms with Gasteiger partial charge in [-0.05, 0) is 26.0 Å². The van der Waals surface area contributed by atoms with Gasteiger partial charge in [-0.15, -0.1) is 0 Å². The molecule has 0 fully saturated rings. The van der Waals surface area contributed by atoms with Crippen molar-refractivity contribution in [3.63, 3.8) is 0 Å². The van der Waals surface area contributed by atoms with Gasteiger partial charge in [-0.2, -0.15) is 26.3 Å². The summed E-state index contributed by atoms with van der Waals surface area (Å²) in [6, 6.07) is 11.3. The minimum atomic E-state index is -5.94. The van der Waals surface area contributed by atoms with Crippen LogP contribution in [0.2, 0.25) is 0 Å². The molecule has 1 N–H and O–H groups in total. The zero-order chi connectivity index (χ0) is 23.0. The second-order valence-corrected chi connectivity index (χ2v) is 6.80. The normalized spacial score (nSPS) is 15.9. The summed E-state index contributed by atoms with van der Waals surface area (Å²) in [4.78, 5) is 18.4. The van der Waals surface area contributed by atoms with Gasteiger partial charge in [0.1, 0.15) is 5.75 Å². The van der Waals surface area contributed by atoms with E-state index in [0.29, 0.717) is 0 Å². The summed E-state index contributed by atoms with van der Waals surface area (Å²) >= 11 is 0. The maximum atomic E-state index is 13.7. The molecule has 1 amide bonds. The van der Waals surface area contributed by atoms with E-state index in [4.69, 9.17) is 4.74 Å². The van der Waals surface area contributed by atoms with Crippen LogP contribution in [0.5, 0.6) is 5.75 Å². The minimum absolute atomic E-state index is 0.0767. The summed E-state index contributed by atoms with van der Waals surface area (Å²) < 4.78 is 87.2. The van der Waals surface area contributed by atoms with Crippen molar-refractivity contribution in [2.75, 3.05) is 0 Å². The first kappa shape index (κ1) is 22.3. The second kappa shape index (κ2) is 7.71. The number of nitrogens with zero attached hydrogens (tertiary/aromatic N) is 2. The molecule has 0 radical (unpaired) electrons. The van der Waals surface area contributed by atoms with E-state index in [1.54, 1.807) is 26.0 Å². The van der Waals surface area contributed by atoms with Crippen molar-refractivity contribution < 1.29 is 35.9 Å². The van der Waals surface area contributed by atoms with Crippen LogP contribution >= 0.6 is 0 Å². The van der Waals surface area contributed by atoms with Crippen LogP contribution in [0, 0.1) is 13.8 Å². The lowest BCUT2D eigenvalue weighted by Crippen LogP contribution is -2.64. The quantitative estimate of drug-likeness (QED) is 0.656. The molecular formula is C20H15F6N3O2. The summed E-state index contributed by atoms with van der Waals surface area (Å²) in [6.45, 7) is 3.43.